The summed E-state index contributed by atoms with van der Waals surface area (Å²) in [5.41, 5.74) is 6.81. The molecule has 1 heterocycles. The molecule has 0 saturated heterocycles. The van der Waals surface area contributed by atoms with Crippen LogP contribution in [0.2, 0.25) is 5.02 Å². The topological polar surface area (TPSA) is 229 Å². The second-order valence-corrected chi connectivity index (χ2v) is 13.8. The lowest BCUT2D eigenvalue weighted by Crippen LogP contribution is -2.59. The van der Waals surface area contributed by atoms with Crippen molar-refractivity contribution in [2.45, 2.75) is 84.0 Å². The fraction of sp³-hybridized carbons (Fsp3) is 0.421. The Morgan fingerprint density at radius 1 is 0.830 bits per heavy atom. The van der Waals surface area contributed by atoms with Gasteiger partial charge in [0.1, 0.15) is 29.9 Å². The Kier molecular flexibility index (Phi) is 16.4. The largest absolute Gasteiger partial charge is 0.480 e. The Balaban J connectivity index is 1.78. The number of carbonyl (C=O) groups excluding carboxylic acids is 4. The van der Waals surface area contributed by atoms with Crippen LogP contribution in [-0.2, 0) is 25.6 Å². The number of hydrogen-bond donors (Lipinski definition) is 8. The van der Waals surface area contributed by atoms with E-state index >= 15 is 0 Å². The van der Waals surface area contributed by atoms with Crippen LogP contribution in [0, 0.1) is 17.2 Å². The van der Waals surface area contributed by atoms with Crippen LogP contribution in [0.3, 0.4) is 0 Å². The summed E-state index contributed by atoms with van der Waals surface area (Å²) in [6.07, 6.45) is 1.19. The number of carbonyl (C=O) groups is 5. The van der Waals surface area contributed by atoms with Crippen LogP contribution in [0.5, 0.6) is 0 Å². The zero-order chi connectivity index (χ0) is 39.1. The molecule has 0 spiro atoms. The van der Waals surface area contributed by atoms with Crippen molar-refractivity contribution < 1.29 is 33.5 Å². The van der Waals surface area contributed by atoms with Crippen molar-refractivity contribution in [2.75, 3.05) is 6.54 Å². The predicted octanol–water partition coefficient (Wildman–Crippen LogP) is 3.84. The summed E-state index contributed by atoms with van der Waals surface area (Å²) in [6, 6.07) is 14.3. The van der Waals surface area contributed by atoms with E-state index in [0.29, 0.717) is 29.2 Å². The van der Waals surface area contributed by atoms with Gasteiger partial charge in [-0.25, -0.2) is 4.79 Å². The van der Waals surface area contributed by atoms with Crippen LogP contribution in [-0.4, -0.2) is 71.4 Å². The number of halogens is 1. The van der Waals surface area contributed by atoms with Gasteiger partial charge in [0.25, 0.3) is 5.91 Å². The second kappa shape index (κ2) is 20.6. The number of rotatable bonds is 20. The Hall–Kier alpha value is -5.37. The third kappa shape index (κ3) is 13.6. The molecule has 3 aromatic rings. The van der Waals surface area contributed by atoms with Crippen molar-refractivity contribution in [3.63, 3.8) is 0 Å². The summed E-state index contributed by atoms with van der Waals surface area (Å²) < 4.78 is 5.77. The fourth-order valence-corrected chi connectivity index (χ4v) is 5.63. The fourth-order valence-electron chi connectivity index (χ4n) is 5.50. The lowest BCUT2D eigenvalue weighted by molar-refractivity contribution is -0.142. The summed E-state index contributed by atoms with van der Waals surface area (Å²) in [7, 11) is 0. The molecule has 53 heavy (non-hydrogen) atoms. The minimum Gasteiger partial charge on any atom is -0.480 e. The highest BCUT2D eigenvalue weighted by Crippen LogP contribution is 2.24. The number of carboxylic acid groups (broad SMARTS) is 1. The van der Waals surface area contributed by atoms with E-state index in [9.17, 15) is 29.1 Å². The average Bonchev–Trinajstić information content (AvgIpc) is 3.62. The molecule has 0 unspecified atom stereocenters. The number of furan rings is 1. The van der Waals surface area contributed by atoms with Gasteiger partial charge in [0.05, 0.1) is 0 Å². The molecule has 5 atom stereocenters. The number of carboxylic acids is 1. The summed E-state index contributed by atoms with van der Waals surface area (Å²) in [4.78, 5) is 66.6. The van der Waals surface area contributed by atoms with Crippen molar-refractivity contribution in [3.05, 3.63) is 83.1 Å². The summed E-state index contributed by atoms with van der Waals surface area (Å²) in [6.45, 7) is 7.60. The van der Waals surface area contributed by atoms with Crippen LogP contribution in [0.25, 0.3) is 11.3 Å². The molecule has 0 aliphatic rings. The lowest BCUT2D eigenvalue weighted by atomic mass is 9.96. The van der Waals surface area contributed by atoms with Gasteiger partial charge in [0, 0.05) is 23.6 Å². The number of amides is 4. The Labute approximate surface area is 314 Å². The maximum atomic E-state index is 13.8. The number of hydrogen-bond acceptors (Lipinski definition) is 7. The first-order chi connectivity index (χ1) is 25.2. The van der Waals surface area contributed by atoms with E-state index in [1.165, 1.54) is 6.07 Å². The second-order valence-electron chi connectivity index (χ2n) is 13.3. The van der Waals surface area contributed by atoms with Gasteiger partial charge in [-0.05, 0) is 73.1 Å². The minimum atomic E-state index is -1.24. The summed E-state index contributed by atoms with van der Waals surface area (Å²) >= 11 is 5.99. The Morgan fingerprint density at radius 2 is 1.47 bits per heavy atom. The maximum Gasteiger partial charge on any atom is 0.326 e. The maximum absolute atomic E-state index is 13.8. The zero-order valence-corrected chi connectivity index (χ0v) is 31.2. The number of nitrogens with one attached hydrogen (secondary N) is 6. The van der Waals surface area contributed by atoms with Crippen molar-refractivity contribution >= 4 is 47.2 Å². The molecule has 0 bridgehead atoms. The van der Waals surface area contributed by atoms with Crippen LogP contribution in [0.15, 0.2) is 71.1 Å². The monoisotopic (exact) mass is 751 g/mol. The van der Waals surface area contributed by atoms with Gasteiger partial charge in [-0.2, -0.15) is 0 Å². The lowest BCUT2D eigenvalue weighted by Gasteiger charge is -2.29. The molecule has 9 N–H and O–H groups in total. The standard InChI is InChI=1S/C38H50ClN7O7/c1-5-23(4)32(36(50)45-29(37(51)52)21-24-10-7-6-8-11-24)46-34(48)28(20-22(2)3)44-33(47)27(12-9-19-42-38(40)41)43-35(49)31-18-17-30(53-31)25-13-15-26(39)16-14-25/h6-8,10-11,13-18,22-23,27-29,32H,5,9,12,19-21H2,1-4H3,(H,43,49)(H,44,47)(H,45,50)(H,46,48)(H,51,52)(H4,40,41,42)/t23-,27-,28-,29-,32-/m0/s1. The number of benzene rings is 2. The first-order valence-electron chi connectivity index (χ1n) is 17.6. The molecule has 3 rings (SSSR count). The van der Waals surface area contributed by atoms with Gasteiger partial charge in [0.2, 0.25) is 17.7 Å². The molecule has 286 valence electrons. The van der Waals surface area contributed by atoms with Crippen molar-refractivity contribution in [1.29, 1.82) is 5.41 Å². The van der Waals surface area contributed by atoms with Crippen LogP contribution in [0.1, 0.15) is 69.5 Å². The van der Waals surface area contributed by atoms with E-state index in [2.05, 4.69) is 26.6 Å². The van der Waals surface area contributed by atoms with Gasteiger partial charge < -0.3 is 41.8 Å². The van der Waals surface area contributed by atoms with E-state index in [4.69, 9.17) is 27.2 Å². The van der Waals surface area contributed by atoms with Gasteiger partial charge >= 0.3 is 5.97 Å². The molecule has 14 nitrogen and oxygen atoms in total. The van der Waals surface area contributed by atoms with Crippen molar-refractivity contribution in [1.82, 2.24) is 26.6 Å². The van der Waals surface area contributed by atoms with E-state index in [-0.39, 0.29) is 49.4 Å². The quantitative estimate of drug-likeness (QED) is 0.0476. The third-order valence-electron chi connectivity index (χ3n) is 8.60. The molecular weight excluding hydrogens is 702 g/mol. The van der Waals surface area contributed by atoms with E-state index < -0.39 is 53.8 Å². The van der Waals surface area contributed by atoms with Gasteiger partial charge in [-0.3, -0.25) is 24.6 Å². The predicted molar refractivity (Wildman–Crippen MR) is 202 cm³/mol. The first-order valence-corrected chi connectivity index (χ1v) is 18.0. The van der Waals surface area contributed by atoms with Crippen molar-refractivity contribution in [3.8, 4) is 11.3 Å². The smallest absolute Gasteiger partial charge is 0.326 e. The average molecular weight is 752 g/mol. The van der Waals surface area contributed by atoms with E-state index in [0.717, 1.165) is 5.56 Å². The molecule has 0 aliphatic heterocycles. The summed E-state index contributed by atoms with van der Waals surface area (Å²) in [5.74, 6) is -4.14. The summed E-state index contributed by atoms with van der Waals surface area (Å²) in [5, 5.41) is 31.3. The molecule has 0 radical (unpaired) electrons. The van der Waals surface area contributed by atoms with Crippen LogP contribution >= 0.6 is 11.6 Å². The zero-order valence-electron chi connectivity index (χ0n) is 30.4. The Bertz CT molecular complexity index is 1700. The highest BCUT2D eigenvalue weighted by Gasteiger charge is 2.34. The molecule has 4 amide bonds. The highest BCUT2D eigenvalue weighted by atomic mass is 35.5. The molecular formula is C38H50ClN7O7. The first kappa shape index (κ1) is 42.0. The highest BCUT2D eigenvalue weighted by molar-refractivity contribution is 6.30. The third-order valence-corrected chi connectivity index (χ3v) is 8.85. The van der Waals surface area contributed by atoms with Crippen molar-refractivity contribution in [2.24, 2.45) is 17.6 Å². The molecule has 15 heteroatoms. The molecule has 1 aromatic heterocycles. The minimum absolute atomic E-state index is 0.0413. The van der Waals surface area contributed by atoms with E-state index in [1.54, 1.807) is 67.6 Å². The number of nitrogens with two attached hydrogens (primary N) is 1. The molecule has 0 aliphatic carbocycles. The van der Waals surface area contributed by atoms with Crippen LogP contribution < -0.4 is 32.3 Å². The molecule has 0 fully saturated rings. The van der Waals surface area contributed by atoms with Gasteiger partial charge in [0.15, 0.2) is 11.7 Å². The normalized spacial score (nSPS) is 13.8. The molecule has 0 saturated carbocycles. The van der Waals surface area contributed by atoms with Gasteiger partial charge in [-0.1, -0.05) is 76.0 Å². The Morgan fingerprint density at radius 3 is 2.08 bits per heavy atom. The number of guanidine groups is 1. The van der Waals surface area contributed by atoms with Crippen LogP contribution in [0.4, 0.5) is 0 Å². The number of aliphatic carboxylic acids is 1. The van der Waals surface area contributed by atoms with E-state index in [1.807, 2.05) is 20.8 Å². The SMILES string of the molecule is CC[C@H](C)[C@H](NC(=O)[C@H](CC(C)C)NC(=O)[C@H](CCCNC(=N)N)NC(=O)c1ccc(-c2ccc(Cl)cc2)o1)C(=O)N[C@@H](Cc1ccccc1)C(=O)O. The van der Waals surface area contributed by atoms with Gasteiger partial charge in [-0.15, -0.1) is 0 Å². The molecule has 2 aromatic carbocycles.